The van der Waals surface area contributed by atoms with E-state index in [1.165, 1.54) is 0 Å². The summed E-state index contributed by atoms with van der Waals surface area (Å²) in [5.74, 6) is -0.0235. The summed E-state index contributed by atoms with van der Waals surface area (Å²) < 4.78 is 5.14. The number of carbonyl (C=O) groups is 2. The minimum Gasteiger partial charge on any atom is -0.444 e. The smallest absolute Gasteiger partial charge is 0.407 e. The van der Waals surface area contributed by atoms with Crippen LogP contribution < -0.4 is 10.6 Å². The molecular formula is C15H22N2O3. The van der Waals surface area contributed by atoms with E-state index in [1.807, 2.05) is 32.9 Å². The maximum Gasteiger partial charge on any atom is 0.407 e. The first-order valence-electron chi connectivity index (χ1n) is 6.66. The van der Waals surface area contributed by atoms with E-state index in [2.05, 4.69) is 10.6 Å². The average molecular weight is 278 g/mol. The van der Waals surface area contributed by atoms with Gasteiger partial charge in [-0.05, 0) is 38.5 Å². The van der Waals surface area contributed by atoms with Crippen LogP contribution in [0, 0.1) is 0 Å². The molecule has 1 aromatic rings. The molecule has 0 heterocycles. The second-order valence-corrected chi connectivity index (χ2v) is 5.45. The molecular weight excluding hydrogens is 256 g/mol. The zero-order valence-corrected chi connectivity index (χ0v) is 12.4. The summed E-state index contributed by atoms with van der Waals surface area (Å²) in [7, 11) is 0. The van der Waals surface area contributed by atoms with Gasteiger partial charge in [0.05, 0.1) is 0 Å². The van der Waals surface area contributed by atoms with Crippen LogP contribution in [0.25, 0.3) is 0 Å². The molecule has 1 aromatic carbocycles. The van der Waals surface area contributed by atoms with Crippen LogP contribution in [0.3, 0.4) is 0 Å². The fourth-order valence-corrected chi connectivity index (χ4v) is 1.44. The van der Waals surface area contributed by atoms with Gasteiger partial charge in [0.2, 0.25) is 5.91 Å². The van der Waals surface area contributed by atoms with E-state index in [9.17, 15) is 9.59 Å². The minimum atomic E-state index is -0.502. The lowest BCUT2D eigenvalue weighted by Crippen LogP contribution is -2.32. The minimum absolute atomic E-state index is 0.0235. The quantitative estimate of drug-likeness (QED) is 0.889. The van der Waals surface area contributed by atoms with Crippen molar-refractivity contribution in [2.24, 2.45) is 0 Å². The summed E-state index contributed by atoms with van der Waals surface area (Å²) in [6.45, 7) is 7.64. The largest absolute Gasteiger partial charge is 0.444 e. The van der Waals surface area contributed by atoms with Crippen molar-refractivity contribution < 1.29 is 14.3 Å². The summed E-state index contributed by atoms with van der Waals surface area (Å²) in [4.78, 5) is 22.7. The van der Waals surface area contributed by atoms with Crippen molar-refractivity contribution in [1.29, 1.82) is 0 Å². The normalized spacial score (nSPS) is 10.8. The Kier molecular flexibility index (Phi) is 5.55. The van der Waals surface area contributed by atoms with Gasteiger partial charge in [0, 0.05) is 18.7 Å². The van der Waals surface area contributed by atoms with Gasteiger partial charge in [-0.2, -0.15) is 0 Å². The van der Waals surface area contributed by atoms with Gasteiger partial charge in [-0.25, -0.2) is 4.79 Å². The van der Waals surface area contributed by atoms with Crippen LogP contribution in [0.5, 0.6) is 0 Å². The van der Waals surface area contributed by atoms with Gasteiger partial charge in [-0.3, -0.25) is 4.79 Å². The molecule has 0 spiro atoms. The van der Waals surface area contributed by atoms with Gasteiger partial charge in [-0.15, -0.1) is 0 Å². The first kappa shape index (κ1) is 16.0. The number of anilines is 1. The second-order valence-electron chi connectivity index (χ2n) is 5.45. The van der Waals surface area contributed by atoms with Crippen molar-refractivity contribution in [2.75, 3.05) is 5.32 Å². The fraction of sp³-hybridized carbons (Fsp3) is 0.467. The summed E-state index contributed by atoms with van der Waals surface area (Å²) in [5, 5.41) is 5.44. The predicted octanol–water partition coefficient (Wildman–Crippen LogP) is 3.06. The maximum atomic E-state index is 11.5. The molecule has 0 saturated heterocycles. The predicted molar refractivity (Wildman–Crippen MR) is 78.4 cm³/mol. The first-order chi connectivity index (χ1) is 9.30. The summed E-state index contributed by atoms with van der Waals surface area (Å²) in [5.41, 5.74) is 1.18. The second kappa shape index (κ2) is 6.93. The molecule has 2 amide bonds. The summed E-state index contributed by atoms with van der Waals surface area (Å²) in [6, 6.07) is 7.31. The van der Waals surface area contributed by atoms with Gasteiger partial charge >= 0.3 is 6.09 Å². The molecule has 0 atom stereocenters. The van der Waals surface area contributed by atoms with E-state index in [4.69, 9.17) is 4.74 Å². The monoisotopic (exact) mass is 278 g/mol. The highest BCUT2D eigenvalue weighted by Gasteiger charge is 2.15. The third-order valence-electron chi connectivity index (χ3n) is 2.39. The van der Waals surface area contributed by atoms with E-state index in [-0.39, 0.29) is 5.91 Å². The molecule has 2 N–H and O–H groups in total. The number of benzene rings is 1. The van der Waals surface area contributed by atoms with Crippen molar-refractivity contribution in [2.45, 2.75) is 46.3 Å². The zero-order chi connectivity index (χ0) is 15.2. The van der Waals surface area contributed by atoms with Crippen LogP contribution in [-0.4, -0.2) is 17.6 Å². The number of alkyl carbamates (subject to hydrolysis) is 1. The molecule has 0 saturated carbocycles. The lowest BCUT2D eigenvalue weighted by atomic mass is 10.2. The SMILES string of the molecule is CCC(=O)Nc1ccc(CNC(=O)OC(C)(C)C)cc1. The van der Waals surface area contributed by atoms with Crippen LogP contribution in [0.4, 0.5) is 10.5 Å². The van der Waals surface area contributed by atoms with Crippen molar-refractivity contribution in [3.63, 3.8) is 0 Å². The van der Waals surface area contributed by atoms with Crippen LogP contribution in [0.2, 0.25) is 0 Å². The Hall–Kier alpha value is -2.04. The van der Waals surface area contributed by atoms with Crippen LogP contribution in [0.1, 0.15) is 39.7 Å². The van der Waals surface area contributed by atoms with E-state index in [1.54, 1.807) is 19.1 Å². The lowest BCUT2D eigenvalue weighted by molar-refractivity contribution is -0.115. The summed E-state index contributed by atoms with van der Waals surface area (Å²) in [6.07, 6.45) is 0.00273. The Morgan fingerprint density at radius 2 is 1.75 bits per heavy atom. The fourth-order valence-electron chi connectivity index (χ4n) is 1.44. The molecule has 0 radical (unpaired) electrons. The standard InChI is InChI=1S/C15H22N2O3/c1-5-13(18)17-12-8-6-11(7-9-12)10-16-14(19)20-15(2,3)4/h6-9H,5,10H2,1-4H3,(H,16,19)(H,17,18). The number of hydrogen-bond acceptors (Lipinski definition) is 3. The first-order valence-corrected chi connectivity index (χ1v) is 6.66. The third-order valence-corrected chi connectivity index (χ3v) is 2.39. The van der Waals surface area contributed by atoms with Crippen molar-refractivity contribution in [1.82, 2.24) is 5.32 Å². The average Bonchev–Trinajstić information content (AvgIpc) is 2.36. The number of hydrogen-bond donors (Lipinski definition) is 2. The van der Waals surface area contributed by atoms with Crippen LogP contribution in [0.15, 0.2) is 24.3 Å². The van der Waals surface area contributed by atoms with Gasteiger partial charge in [0.15, 0.2) is 0 Å². The van der Waals surface area contributed by atoms with E-state index in [0.29, 0.717) is 13.0 Å². The molecule has 20 heavy (non-hydrogen) atoms. The van der Waals surface area contributed by atoms with E-state index in [0.717, 1.165) is 11.3 Å². The Bertz CT molecular complexity index is 461. The van der Waals surface area contributed by atoms with Crippen molar-refractivity contribution in [3.05, 3.63) is 29.8 Å². The highest BCUT2D eigenvalue weighted by Crippen LogP contribution is 2.10. The third kappa shape index (κ3) is 6.22. The number of amides is 2. The van der Waals surface area contributed by atoms with Gasteiger partial charge in [0.25, 0.3) is 0 Å². The van der Waals surface area contributed by atoms with Gasteiger partial charge in [-0.1, -0.05) is 19.1 Å². The van der Waals surface area contributed by atoms with Crippen LogP contribution >= 0.6 is 0 Å². The molecule has 0 aliphatic heterocycles. The Morgan fingerprint density at radius 3 is 2.25 bits per heavy atom. The van der Waals surface area contributed by atoms with E-state index >= 15 is 0 Å². The maximum absolute atomic E-state index is 11.5. The molecule has 0 aliphatic carbocycles. The van der Waals surface area contributed by atoms with Crippen molar-refractivity contribution in [3.8, 4) is 0 Å². The Labute approximate surface area is 119 Å². The lowest BCUT2D eigenvalue weighted by Gasteiger charge is -2.19. The molecule has 110 valence electrons. The number of ether oxygens (including phenoxy) is 1. The topological polar surface area (TPSA) is 67.4 Å². The van der Waals surface area contributed by atoms with Crippen molar-refractivity contribution >= 4 is 17.7 Å². The molecule has 0 aromatic heterocycles. The summed E-state index contributed by atoms with van der Waals surface area (Å²) >= 11 is 0. The number of carbonyl (C=O) groups excluding carboxylic acids is 2. The molecule has 5 nitrogen and oxygen atoms in total. The highest BCUT2D eigenvalue weighted by atomic mass is 16.6. The zero-order valence-electron chi connectivity index (χ0n) is 12.4. The van der Waals surface area contributed by atoms with Gasteiger partial charge < -0.3 is 15.4 Å². The number of rotatable bonds is 4. The Balaban J connectivity index is 2.46. The van der Waals surface area contributed by atoms with Crippen LogP contribution in [-0.2, 0) is 16.1 Å². The van der Waals surface area contributed by atoms with Gasteiger partial charge in [0.1, 0.15) is 5.60 Å². The molecule has 0 fully saturated rings. The molecule has 5 heteroatoms. The molecule has 0 aliphatic rings. The highest BCUT2D eigenvalue weighted by molar-refractivity contribution is 5.90. The Morgan fingerprint density at radius 1 is 1.15 bits per heavy atom. The number of nitrogens with one attached hydrogen (secondary N) is 2. The van der Waals surface area contributed by atoms with E-state index < -0.39 is 11.7 Å². The molecule has 0 unspecified atom stereocenters. The molecule has 1 rings (SSSR count). The molecule has 0 bridgehead atoms.